The standard InChI is InChI=1S/C18H18ClNO3S/c19-14-4-6-15(7-5-14)24-9-1-2-18(21)20-11-13-3-8-16-17(10-13)23-12-22-16/h3-8,10H,1-2,9,11-12H2,(H,20,21). The van der Waals surface area contributed by atoms with Gasteiger partial charge in [0, 0.05) is 22.9 Å². The number of fused-ring (bicyclic) bond motifs is 1. The second-order valence-corrected chi connectivity index (χ2v) is 6.98. The van der Waals surface area contributed by atoms with Crippen LogP contribution in [0, 0.1) is 0 Å². The van der Waals surface area contributed by atoms with Crippen molar-refractivity contribution in [2.45, 2.75) is 24.3 Å². The molecule has 6 heteroatoms. The summed E-state index contributed by atoms with van der Waals surface area (Å²) in [7, 11) is 0. The molecule has 0 atom stereocenters. The van der Waals surface area contributed by atoms with E-state index >= 15 is 0 Å². The third-order valence-corrected chi connectivity index (χ3v) is 4.91. The van der Waals surface area contributed by atoms with Gasteiger partial charge >= 0.3 is 0 Å². The number of benzene rings is 2. The van der Waals surface area contributed by atoms with Crippen molar-refractivity contribution in [3.05, 3.63) is 53.1 Å². The fraction of sp³-hybridized carbons (Fsp3) is 0.278. The molecular formula is C18H18ClNO3S. The highest BCUT2D eigenvalue weighted by Gasteiger charge is 2.13. The number of ether oxygens (including phenoxy) is 2. The molecular weight excluding hydrogens is 346 g/mol. The van der Waals surface area contributed by atoms with Crippen molar-refractivity contribution in [1.29, 1.82) is 0 Å². The molecule has 1 aliphatic rings. The zero-order valence-corrected chi connectivity index (χ0v) is 14.7. The molecule has 1 aliphatic heterocycles. The predicted octanol–water partition coefficient (Wildman–Crippen LogP) is 4.26. The Morgan fingerprint density at radius 2 is 1.92 bits per heavy atom. The van der Waals surface area contributed by atoms with Gasteiger partial charge in [-0.25, -0.2) is 0 Å². The summed E-state index contributed by atoms with van der Waals surface area (Å²) >= 11 is 7.58. The monoisotopic (exact) mass is 363 g/mol. The molecule has 126 valence electrons. The molecule has 0 bridgehead atoms. The number of rotatable bonds is 7. The molecule has 0 saturated carbocycles. The quantitative estimate of drug-likeness (QED) is 0.590. The van der Waals surface area contributed by atoms with E-state index in [1.807, 2.05) is 42.5 Å². The van der Waals surface area contributed by atoms with Gasteiger partial charge < -0.3 is 14.8 Å². The van der Waals surface area contributed by atoms with Gasteiger partial charge in [0.05, 0.1) is 0 Å². The number of hydrogen-bond acceptors (Lipinski definition) is 4. The Labute approximate surface area is 150 Å². The van der Waals surface area contributed by atoms with Crippen LogP contribution in [0.4, 0.5) is 0 Å². The Balaban J connectivity index is 1.34. The lowest BCUT2D eigenvalue weighted by atomic mass is 10.2. The van der Waals surface area contributed by atoms with Crippen LogP contribution in [-0.4, -0.2) is 18.5 Å². The number of nitrogens with one attached hydrogen (secondary N) is 1. The van der Waals surface area contributed by atoms with Gasteiger partial charge in [-0.15, -0.1) is 11.8 Å². The van der Waals surface area contributed by atoms with E-state index in [1.165, 1.54) is 4.90 Å². The summed E-state index contributed by atoms with van der Waals surface area (Å²) in [6, 6.07) is 13.4. The zero-order chi connectivity index (χ0) is 16.8. The van der Waals surface area contributed by atoms with Crippen LogP contribution in [0.25, 0.3) is 0 Å². The molecule has 24 heavy (non-hydrogen) atoms. The summed E-state index contributed by atoms with van der Waals surface area (Å²) in [6.45, 7) is 0.760. The molecule has 0 aromatic heterocycles. The predicted molar refractivity (Wildman–Crippen MR) is 95.8 cm³/mol. The van der Waals surface area contributed by atoms with E-state index in [4.69, 9.17) is 21.1 Å². The number of thioether (sulfide) groups is 1. The molecule has 2 aromatic carbocycles. The number of amides is 1. The average Bonchev–Trinajstić information content (AvgIpc) is 3.06. The SMILES string of the molecule is O=C(CCCSc1ccc(Cl)cc1)NCc1ccc2c(c1)OCO2. The first-order chi connectivity index (χ1) is 11.7. The van der Waals surface area contributed by atoms with Gasteiger partial charge in [-0.05, 0) is 54.1 Å². The van der Waals surface area contributed by atoms with E-state index in [0.717, 1.165) is 34.3 Å². The number of carbonyl (C=O) groups is 1. The fourth-order valence-corrected chi connectivity index (χ4v) is 3.27. The summed E-state index contributed by atoms with van der Waals surface area (Å²) in [4.78, 5) is 13.1. The highest BCUT2D eigenvalue weighted by Crippen LogP contribution is 2.32. The lowest BCUT2D eigenvalue weighted by Crippen LogP contribution is -2.22. The van der Waals surface area contributed by atoms with E-state index in [9.17, 15) is 4.79 Å². The van der Waals surface area contributed by atoms with Gasteiger partial charge in [0.1, 0.15) is 0 Å². The summed E-state index contributed by atoms with van der Waals surface area (Å²) in [6.07, 6.45) is 1.35. The second kappa shape index (κ2) is 8.31. The molecule has 2 aromatic rings. The third kappa shape index (κ3) is 4.82. The van der Waals surface area contributed by atoms with Gasteiger partial charge in [0.2, 0.25) is 12.7 Å². The Morgan fingerprint density at radius 3 is 2.75 bits per heavy atom. The maximum Gasteiger partial charge on any atom is 0.231 e. The lowest BCUT2D eigenvalue weighted by Gasteiger charge is -2.06. The van der Waals surface area contributed by atoms with Crippen LogP contribution in [0.5, 0.6) is 11.5 Å². The van der Waals surface area contributed by atoms with Crippen LogP contribution in [0.2, 0.25) is 5.02 Å². The molecule has 1 heterocycles. The molecule has 0 saturated heterocycles. The minimum atomic E-state index is 0.0596. The van der Waals surface area contributed by atoms with Crippen molar-refractivity contribution < 1.29 is 14.3 Å². The van der Waals surface area contributed by atoms with Crippen LogP contribution < -0.4 is 14.8 Å². The van der Waals surface area contributed by atoms with E-state index in [2.05, 4.69) is 5.32 Å². The van der Waals surface area contributed by atoms with Crippen molar-refractivity contribution >= 4 is 29.3 Å². The molecule has 0 spiro atoms. The first-order valence-corrected chi connectivity index (χ1v) is 9.11. The van der Waals surface area contributed by atoms with Crippen molar-refractivity contribution in [2.75, 3.05) is 12.5 Å². The summed E-state index contributed by atoms with van der Waals surface area (Å²) in [5.74, 6) is 2.45. The molecule has 1 N–H and O–H groups in total. The van der Waals surface area contributed by atoms with Crippen molar-refractivity contribution in [3.63, 3.8) is 0 Å². The van der Waals surface area contributed by atoms with Crippen LogP contribution in [0.15, 0.2) is 47.4 Å². The maximum absolute atomic E-state index is 11.9. The van der Waals surface area contributed by atoms with Crippen LogP contribution >= 0.6 is 23.4 Å². The minimum Gasteiger partial charge on any atom is -0.454 e. The zero-order valence-electron chi connectivity index (χ0n) is 13.1. The van der Waals surface area contributed by atoms with Crippen LogP contribution in [0.3, 0.4) is 0 Å². The normalized spacial score (nSPS) is 12.2. The molecule has 1 amide bonds. The molecule has 0 aliphatic carbocycles. The van der Waals surface area contributed by atoms with Gasteiger partial charge in [-0.3, -0.25) is 4.79 Å². The summed E-state index contributed by atoms with van der Waals surface area (Å²) in [5.41, 5.74) is 1.00. The topological polar surface area (TPSA) is 47.6 Å². The fourth-order valence-electron chi connectivity index (χ4n) is 2.29. The van der Waals surface area contributed by atoms with Gasteiger partial charge in [0.15, 0.2) is 11.5 Å². The molecule has 0 fully saturated rings. The van der Waals surface area contributed by atoms with Crippen LogP contribution in [-0.2, 0) is 11.3 Å². The molecule has 4 nitrogen and oxygen atoms in total. The smallest absolute Gasteiger partial charge is 0.231 e. The highest BCUT2D eigenvalue weighted by molar-refractivity contribution is 7.99. The van der Waals surface area contributed by atoms with E-state index in [1.54, 1.807) is 11.8 Å². The van der Waals surface area contributed by atoms with E-state index in [-0.39, 0.29) is 12.7 Å². The Bertz CT molecular complexity index is 706. The van der Waals surface area contributed by atoms with Gasteiger partial charge in [-0.1, -0.05) is 17.7 Å². The first kappa shape index (κ1) is 17.0. The second-order valence-electron chi connectivity index (χ2n) is 5.37. The van der Waals surface area contributed by atoms with E-state index in [0.29, 0.717) is 13.0 Å². The molecule has 3 rings (SSSR count). The lowest BCUT2D eigenvalue weighted by molar-refractivity contribution is -0.121. The van der Waals surface area contributed by atoms with Crippen molar-refractivity contribution in [3.8, 4) is 11.5 Å². The van der Waals surface area contributed by atoms with Gasteiger partial charge in [0.25, 0.3) is 0 Å². The Hall–Kier alpha value is -1.85. The third-order valence-electron chi connectivity index (χ3n) is 3.56. The average molecular weight is 364 g/mol. The van der Waals surface area contributed by atoms with Gasteiger partial charge in [-0.2, -0.15) is 0 Å². The van der Waals surface area contributed by atoms with E-state index < -0.39 is 0 Å². The van der Waals surface area contributed by atoms with Crippen molar-refractivity contribution in [2.24, 2.45) is 0 Å². The number of carbonyl (C=O) groups excluding carboxylic acids is 1. The molecule has 0 radical (unpaired) electrons. The number of halogens is 1. The summed E-state index contributed by atoms with van der Waals surface area (Å²) < 4.78 is 10.6. The highest BCUT2D eigenvalue weighted by atomic mass is 35.5. The molecule has 0 unspecified atom stereocenters. The van der Waals surface area contributed by atoms with Crippen molar-refractivity contribution in [1.82, 2.24) is 5.32 Å². The Morgan fingerprint density at radius 1 is 1.12 bits per heavy atom. The summed E-state index contributed by atoms with van der Waals surface area (Å²) in [5, 5.41) is 3.67. The largest absolute Gasteiger partial charge is 0.454 e. The first-order valence-electron chi connectivity index (χ1n) is 7.74. The Kier molecular flexibility index (Phi) is 5.88. The van der Waals surface area contributed by atoms with Crippen LogP contribution in [0.1, 0.15) is 18.4 Å². The maximum atomic E-state index is 11.9. The number of hydrogen-bond donors (Lipinski definition) is 1. The minimum absolute atomic E-state index is 0.0596.